The molecular weight excluding hydrogens is 379 g/mol. The number of carbonyl (C=O) groups excluding carboxylic acids is 1. The van der Waals surface area contributed by atoms with E-state index in [1.54, 1.807) is 30.3 Å². The van der Waals surface area contributed by atoms with Gasteiger partial charge in [0.25, 0.3) is 0 Å². The summed E-state index contributed by atoms with van der Waals surface area (Å²) in [6.07, 6.45) is 5.76. The number of aromatic nitrogens is 1. The van der Waals surface area contributed by atoms with Crippen LogP contribution in [0.4, 0.5) is 4.39 Å². The summed E-state index contributed by atoms with van der Waals surface area (Å²) in [6.45, 7) is 0.743. The van der Waals surface area contributed by atoms with Gasteiger partial charge in [-0.2, -0.15) is 0 Å². The fraction of sp³-hybridized carbons (Fsp3) is 0.280. The molecule has 0 aliphatic carbocycles. The summed E-state index contributed by atoms with van der Waals surface area (Å²) in [6, 6.07) is 17.4. The molecule has 1 amide bonds. The summed E-state index contributed by atoms with van der Waals surface area (Å²) in [4.78, 5) is 19.5. The average Bonchev–Trinajstić information content (AvgIpc) is 2.76. The van der Waals surface area contributed by atoms with E-state index in [4.69, 9.17) is 0 Å². The van der Waals surface area contributed by atoms with Crippen LogP contribution in [0.3, 0.4) is 0 Å². The van der Waals surface area contributed by atoms with E-state index in [9.17, 15) is 14.3 Å². The number of phenols is 1. The minimum Gasteiger partial charge on any atom is -0.508 e. The second-order valence-corrected chi connectivity index (χ2v) is 7.83. The van der Waals surface area contributed by atoms with Crippen molar-refractivity contribution in [2.45, 2.75) is 38.1 Å². The van der Waals surface area contributed by atoms with E-state index in [2.05, 4.69) is 4.98 Å². The van der Waals surface area contributed by atoms with Gasteiger partial charge in [0.05, 0.1) is 12.5 Å². The van der Waals surface area contributed by atoms with Gasteiger partial charge in [0.1, 0.15) is 11.6 Å². The Hall–Kier alpha value is -3.21. The van der Waals surface area contributed by atoms with Crippen LogP contribution in [0.1, 0.15) is 47.7 Å². The number of hydrogen-bond acceptors (Lipinski definition) is 3. The molecular formula is C25H25FN2O2. The molecule has 30 heavy (non-hydrogen) atoms. The summed E-state index contributed by atoms with van der Waals surface area (Å²) >= 11 is 0. The van der Waals surface area contributed by atoms with Gasteiger partial charge < -0.3 is 10.0 Å². The Bertz CT molecular complexity index is 1000. The Labute approximate surface area is 176 Å². The van der Waals surface area contributed by atoms with Crippen molar-refractivity contribution in [2.24, 2.45) is 0 Å². The number of aromatic hydroxyl groups is 1. The largest absolute Gasteiger partial charge is 0.508 e. The highest BCUT2D eigenvalue weighted by molar-refractivity contribution is 5.79. The molecule has 2 aromatic carbocycles. The summed E-state index contributed by atoms with van der Waals surface area (Å²) in [5, 5.41) is 9.44. The zero-order valence-corrected chi connectivity index (χ0v) is 16.8. The molecule has 1 aromatic heterocycles. The molecule has 0 radical (unpaired) electrons. The van der Waals surface area contributed by atoms with E-state index in [0.29, 0.717) is 12.8 Å². The molecule has 1 N–H and O–H groups in total. The average molecular weight is 404 g/mol. The highest BCUT2D eigenvalue weighted by atomic mass is 19.1. The SMILES string of the molecule is O=C(Cc1ccc(O)cc1)N1CCCC[C@H]1c1ccc(Cc2cccc(F)c2)nc1. The Morgan fingerprint density at radius 2 is 1.90 bits per heavy atom. The molecule has 154 valence electrons. The van der Waals surface area contributed by atoms with Crippen molar-refractivity contribution in [3.8, 4) is 5.75 Å². The maximum atomic E-state index is 13.4. The molecule has 0 saturated carbocycles. The first-order chi connectivity index (χ1) is 14.6. The molecule has 0 bridgehead atoms. The topological polar surface area (TPSA) is 53.4 Å². The van der Waals surface area contributed by atoms with Crippen LogP contribution < -0.4 is 0 Å². The number of halogens is 1. The van der Waals surface area contributed by atoms with E-state index in [1.165, 1.54) is 12.1 Å². The minimum atomic E-state index is -0.242. The normalized spacial score (nSPS) is 16.4. The predicted molar refractivity (Wildman–Crippen MR) is 114 cm³/mol. The lowest BCUT2D eigenvalue weighted by Gasteiger charge is -2.36. The molecule has 1 aliphatic heterocycles. The second-order valence-electron chi connectivity index (χ2n) is 7.83. The number of benzene rings is 2. The van der Waals surface area contributed by atoms with Crippen molar-refractivity contribution >= 4 is 5.91 Å². The zero-order chi connectivity index (χ0) is 20.9. The van der Waals surface area contributed by atoms with Gasteiger partial charge in [0.15, 0.2) is 0 Å². The second kappa shape index (κ2) is 9.08. The van der Waals surface area contributed by atoms with E-state index < -0.39 is 0 Å². The number of piperidine rings is 1. The van der Waals surface area contributed by atoms with Gasteiger partial charge in [0, 0.05) is 24.9 Å². The lowest BCUT2D eigenvalue weighted by Crippen LogP contribution is -2.39. The molecule has 1 fully saturated rings. The molecule has 1 atom stereocenters. The molecule has 3 aromatic rings. The first kappa shape index (κ1) is 20.1. The van der Waals surface area contributed by atoms with Gasteiger partial charge in [-0.15, -0.1) is 0 Å². The van der Waals surface area contributed by atoms with Gasteiger partial charge in [-0.1, -0.05) is 30.3 Å². The summed E-state index contributed by atoms with van der Waals surface area (Å²) in [5.41, 5.74) is 3.70. The number of carbonyl (C=O) groups is 1. The number of pyridine rings is 1. The lowest BCUT2D eigenvalue weighted by atomic mass is 9.95. The number of rotatable bonds is 5. The van der Waals surface area contributed by atoms with Crippen molar-refractivity contribution in [3.05, 3.63) is 95.1 Å². The predicted octanol–water partition coefficient (Wildman–Crippen LogP) is 4.81. The maximum Gasteiger partial charge on any atom is 0.227 e. The fourth-order valence-electron chi connectivity index (χ4n) is 4.06. The monoisotopic (exact) mass is 404 g/mol. The fourth-order valence-corrected chi connectivity index (χ4v) is 4.06. The molecule has 1 saturated heterocycles. The maximum absolute atomic E-state index is 13.4. The molecule has 4 rings (SSSR count). The van der Waals surface area contributed by atoms with E-state index >= 15 is 0 Å². The van der Waals surface area contributed by atoms with E-state index in [-0.39, 0.29) is 23.5 Å². The Kier molecular flexibility index (Phi) is 6.07. The first-order valence-corrected chi connectivity index (χ1v) is 10.3. The number of likely N-dealkylation sites (tertiary alicyclic amines) is 1. The van der Waals surface area contributed by atoms with Crippen LogP contribution in [-0.4, -0.2) is 27.4 Å². The smallest absolute Gasteiger partial charge is 0.227 e. The highest BCUT2D eigenvalue weighted by Crippen LogP contribution is 2.31. The quantitative estimate of drug-likeness (QED) is 0.664. The van der Waals surface area contributed by atoms with Crippen molar-refractivity contribution < 1.29 is 14.3 Å². The number of phenolic OH excluding ortho intramolecular Hbond substituents is 1. The van der Waals surface area contributed by atoms with Gasteiger partial charge in [-0.25, -0.2) is 4.39 Å². The van der Waals surface area contributed by atoms with Crippen molar-refractivity contribution in [2.75, 3.05) is 6.54 Å². The number of hydrogen-bond donors (Lipinski definition) is 1. The zero-order valence-electron chi connectivity index (χ0n) is 16.8. The first-order valence-electron chi connectivity index (χ1n) is 10.3. The molecule has 2 heterocycles. The van der Waals surface area contributed by atoms with Gasteiger partial charge in [-0.05, 0) is 66.3 Å². The molecule has 4 nitrogen and oxygen atoms in total. The third-order valence-corrected chi connectivity index (χ3v) is 5.62. The van der Waals surface area contributed by atoms with Crippen molar-refractivity contribution in [1.82, 2.24) is 9.88 Å². The summed E-state index contributed by atoms with van der Waals surface area (Å²) in [5.74, 6) is 0.0507. The molecule has 0 spiro atoms. The number of nitrogens with zero attached hydrogens (tertiary/aromatic N) is 2. The van der Waals surface area contributed by atoms with Crippen molar-refractivity contribution in [1.29, 1.82) is 0 Å². The van der Waals surface area contributed by atoms with Crippen LogP contribution in [0, 0.1) is 5.82 Å². The number of amides is 1. The highest BCUT2D eigenvalue weighted by Gasteiger charge is 2.28. The lowest BCUT2D eigenvalue weighted by molar-refractivity contribution is -0.134. The summed E-state index contributed by atoms with van der Waals surface area (Å²) in [7, 11) is 0. The van der Waals surface area contributed by atoms with Gasteiger partial charge in [-0.3, -0.25) is 9.78 Å². The van der Waals surface area contributed by atoms with Crippen LogP contribution in [0.5, 0.6) is 5.75 Å². The third kappa shape index (κ3) is 4.85. The van der Waals surface area contributed by atoms with Crippen LogP contribution >= 0.6 is 0 Å². The Morgan fingerprint density at radius 3 is 2.63 bits per heavy atom. The molecule has 1 aliphatic rings. The van der Waals surface area contributed by atoms with Crippen LogP contribution in [0.25, 0.3) is 0 Å². The van der Waals surface area contributed by atoms with Gasteiger partial charge in [0.2, 0.25) is 5.91 Å². The minimum absolute atomic E-state index is 0.0269. The van der Waals surface area contributed by atoms with Crippen LogP contribution in [-0.2, 0) is 17.6 Å². The van der Waals surface area contributed by atoms with E-state index in [0.717, 1.165) is 48.2 Å². The molecule has 0 unspecified atom stereocenters. The standard InChI is InChI=1S/C25H25FN2O2/c26-21-5-3-4-19(14-21)15-22-10-9-20(17-27-22)24-6-1-2-13-28(24)25(30)16-18-7-11-23(29)12-8-18/h3-5,7-12,14,17,24,29H,1-2,6,13,15-16H2/t24-/m0/s1. The molecule has 5 heteroatoms. The van der Waals surface area contributed by atoms with Crippen LogP contribution in [0.15, 0.2) is 66.9 Å². The Morgan fingerprint density at radius 1 is 1.07 bits per heavy atom. The van der Waals surface area contributed by atoms with Gasteiger partial charge >= 0.3 is 0 Å². The Balaban J connectivity index is 1.46. The summed E-state index contributed by atoms with van der Waals surface area (Å²) < 4.78 is 13.4. The third-order valence-electron chi connectivity index (χ3n) is 5.62. The van der Waals surface area contributed by atoms with E-state index in [1.807, 2.05) is 29.3 Å². The van der Waals surface area contributed by atoms with Crippen molar-refractivity contribution in [3.63, 3.8) is 0 Å². The van der Waals surface area contributed by atoms with Crippen LogP contribution in [0.2, 0.25) is 0 Å².